The number of amides is 1. The highest BCUT2D eigenvalue weighted by Crippen LogP contribution is 2.41. The van der Waals surface area contributed by atoms with Gasteiger partial charge in [0.25, 0.3) is 0 Å². The lowest BCUT2D eigenvalue weighted by atomic mass is 9.87. The third-order valence-corrected chi connectivity index (χ3v) is 6.54. The number of carbonyl (C=O) groups is 1. The Labute approximate surface area is 194 Å². The zero-order chi connectivity index (χ0) is 22.8. The molecule has 0 saturated heterocycles. The van der Waals surface area contributed by atoms with Gasteiger partial charge in [-0.3, -0.25) is 4.79 Å². The van der Waals surface area contributed by atoms with Crippen LogP contribution in [0.4, 0.5) is 5.95 Å². The maximum atomic E-state index is 12.4. The first-order valence-corrected chi connectivity index (χ1v) is 11.2. The molecule has 166 valence electrons. The van der Waals surface area contributed by atoms with Crippen LogP contribution < -0.4 is 15.2 Å². The van der Waals surface area contributed by atoms with E-state index in [1.54, 1.807) is 38.0 Å². The topological polar surface area (TPSA) is 105 Å². The number of carbonyl (C=O) groups excluding carboxylic acids is 1. The zero-order valence-corrected chi connectivity index (χ0v) is 19.4. The molecule has 0 aliphatic carbocycles. The number of thioether (sulfide) groups is 1. The Kier molecular flexibility index (Phi) is 6.38. The predicted octanol–water partition coefficient (Wildman–Crippen LogP) is 4.04. The lowest BCUT2D eigenvalue weighted by Gasteiger charge is -2.30. The summed E-state index contributed by atoms with van der Waals surface area (Å²) in [7, 11) is 3.14. The summed E-state index contributed by atoms with van der Waals surface area (Å²) in [5.41, 5.74) is 8.07. The fraction of sp³-hybridized carbons (Fsp3) is 0.273. The van der Waals surface area contributed by atoms with Crippen LogP contribution in [0.3, 0.4) is 0 Å². The number of primary amides is 1. The first kappa shape index (κ1) is 22.2. The molecule has 0 bridgehead atoms. The molecule has 1 aliphatic heterocycles. The van der Waals surface area contributed by atoms with E-state index in [2.05, 4.69) is 15.1 Å². The van der Waals surface area contributed by atoms with E-state index < -0.39 is 17.9 Å². The first-order chi connectivity index (χ1) is 15.4. The molecular formula is C22H22ClN5O3S. The van der Waals surface area contributed by atoms with E-state index in [1.165, 1.54) is 11.8 Å². The molecule has 0 spiro atoms. The molecule has 1 aliphatic rings. The summed E-state index contributed by atoms with van der Waals surface area (Å²) in [6.45, 7) is 1.77. The van der Waals surface area contributed by atoms with Crippen molar-refractivity contribution in [2.45, 2.75) is 23.9 Å². The molecule has 0 fully saturated rings. The van der Waals surface area contributed by atoms with Crippen molar-refractivity contribution in [2.75, 3.05) is 14.2 Å². The summed E-state index contributed by atoms with van der Waals surface area (Å²) >= 11 is 7.71. The van der Waals surface area contributed by atoms with E-state index in [0.717, 1.165) is 11.1 Å². The second kappa shape index (κ2) is 9.22. The van der Waals surface area contributed by atoms with E-state index in [4.69, 9.17) is 26.8 Å². The van der Waals surface area contributed by atoms with Gasteiger partial charge in [0.1, 0.15) is 23.5 Å². The van der Waals surface area contributed by atoms with Gasteiger partial charge >= 0.3 is 0 Å². The van der Waals surface area contributed by atoms with Crippen molar-refractivity contribution in [2.24, 2.45) is 16.6 Å². The summed E-state index contributed by atoms with van der Waals surface area (Å²) < 4.78 is 12.5. The first-order valence-electron chi connectivity index (χ1n) is 9.82. The molecule has 32 heavy (non-hydrogen) atoms. The van der Waals surface area contributed by atoms with Crippen LogP contribution in [0.25, 0.3) is 0 Å². The highest BCUT2D eigenvalue weighted by atomic mass is 35.5. The molecule has 2 unspecified atom stereocenters. The molecule has 2 heterocycles. The maximum Gasteiger partial charge on any atom is 0.249 e. The minimum atomic E-state index is -0.701. The molecule has 4 rings (SSSR count). The largest absolute Gasteiger partial charge is 0.497 e. The molecule has 2 N–H and O–H groups in total. The third kappa shape index (κ3) is 4.18. The van der Waals surface area contributed by atoms with Gasteiger partial charge in [-0.05, 0) is 30.7 Å². The molecule has 3 aromatic rings. The number of ether oxygens (including phenoxy) is 2. The van der Waals surface area contributed by atoms with Crippen molar-refractivity contribution >= 4 is 40.9 Å². The Balaban J connectivity index is 1.75. The number of halogens is 1. The predicted molar refractivity (Wildman–Crippen MR) is 124 cm³/mol. The lowest BCUT2D eigenvalue weighted by Crippen LogP contribution is -2.39. The quantitative estimate of drug-likeness (QED) is 0.521. The summed E-state index contributed by atoms with van der Waals surface area (Å²) in [6, 6.07) is 12.5. The molecule has 1 amide bonds. The van der Waals surface area contributed by atoms with Gasteiger partial charge < -0.3 is 15.2 Å². The van der Waals surface area contributed by atoms with Gasteiger partial charge in [0, 0.05) is 28.1 Å². The Morgan fingerprint density at radius 3 is 2.69 bits per heavy atom. The normalized spacial score (nSPS) is 17.4. The minimum absolute atomic E-state index is 0.407. The van der Waals surface area contributed by atoms with E-state index in [9.17, 15) is 4.79 Å². The van der Waals surface area contributed by atoms with E-state index in [1.807, 2.05) is 30.3 Å². The molecular weight excluding hydrogens is 450 g/mol. The average Bonchev–Trinajstić information content (AvgIpc) is 3.19. The fourth-order valence-corrected chi connectivity index (χ4v) is 4.82. The van der Waals surface area contributed by atoms with E-state index in [0.29, 0.717) is 39.1 Å². The molecule has 8 nitrogen and oxygen atoms in total. The van der Waals surface area contributed by atoms with Crippen LogP contribution >= 0.6 is 23.4 Å². The van der Waals surface area contributed by atoms with Crippen LogP contribution in [0.2, 0.25) is 5.02 Å². The van der Waals surface area contributed by atoms with Crippen LogP contribution in [0.1, 0.15) is 24.1 Å². The van der Waals surface area contributed by atoms with E-state index in [-0.39, 0.29) is 0 Å². The van der Waals surface area contributed by atoms with Crippen molar-refractivity contribution in [1.29, 1.82) is 0 Å². The molecule has 10 heteroatoms. The number of hydrogen-bond acceptors (Lipinski definition) is 7. The number of nitrogens with zero attached hydrogens (tertiary/aromatic N) is 4. The number of aromatic nitrogens is 3. The number of methoxy groups -OCH3 is 2. The van der Waals surface area contributed by atoms with Gasteiger partial charge in [0.15, 0.2) is 0 Å². The van der Waals surface area contributed by atoms with Gasteiger partial charge in [-0.2, -0.15) is 4.98 Å². The summed E-state index contributed by atoms with van der Waals surface area (Å²) in [5, 5.41) is 5.88. The second-order valence-electron chi connectivity index (χ2n) is 7.20. The highest BCUT2D eigenvalue weighted by molar-refractivity contribution is 7.98. The van der Waals surface area contributed by atoms with Crippen molar-refractivity contribution in [3.8, 4) is 11.5 Å². The van der Waals surface area contributed by atoms with Crippen molar-refractivity contribution < 1.29 is 14.3 Å². The fourth-order valence-electron chi connectivity index (χ4n) is 3.71. The minimum Gasteiger partial charge on any atom is -0.497 e. The average molecular weight is 472 g/mol. The van der Waals surface area contributed by atoms with Crippen molar-refractivity contribution in [3.05, 3.63) is 58.6 Å². The number of rotatable bonds is 7. The van der Waals surface area contributed by atoms with Gasteiger partial charge in [0.05, 0.1) is 14.2 Å². The zero-order valence-electron chi connectivity index (χ0n) is 17.8. The number of nitrogens with two attached hydrogens (primary N) is 1. The monoisotopic (exact) mass is 471 g/mol. The second-order valence-corrected chi connectivity index (χ2v) is 8.55. The Hall–Kier alpha value is -3.04. The number of fused-ring (bicyclic) bond motifs is 1. The van der Waals surface area contributed by atoms with Crippen LogP contribution in [0, 0.1) is 5.92 Å². The van der Waals surface area contributed by atoms with Crippen LogP contribution in [-0.2, 0) is 10.5 Å². The number of aliphatic imine (C=N–C) groups is 1. The molecule has 0 radical (unpaired) electrons. The lowest BCUT2D eigenvalue weighted by molar-refractivity contribution is -0.120. The van der Waals surface area contributed by atoms with Gasteiger partial charge in [-0.15, -0.1) is 5.10 Å². The Morgan fingerprint density at radius 2 is 2.00 bits per heavy atom. The third-order valence-electron chi connectivity index (χ3n) is 5.28. The van der Waals surface area contributed by atoms with Crippen LogP contribution in [0.15, 0.2) is 52.6 Å². The Bertz CT molecular complexity index is 1200. The summed E-state index contributed by atoms with van der Waals surface area (Å²) in [6.07, 6.45) is 0. The highest BCUT2D eigenvalue weighted by Gasteiger charge is 2.39. The molecule has 1 aromatic heterocycles. The molecule has 2 atom stereocenters. The van der Waals surface area contributed by atoms with Crippen molar-refractivity contribution in [1.82, 2.24) is 14.8 Å². The van der Waals surface area contributed by atoms with Gasteiger partial charge in [-0.1, -0.05) is 41.6 Å². The van der Waals surface area contributed by atoms with E-state index >= 15 is 0 Å². The van der Waals surface area contributed by atoms with Crippen LogP contribution in [0.5, 0.6) is 11.5 Å². The standard InChI is InChI=1S/C22H22ClN5O3S/c1-12-18(20(24)29)19(15-9-8-14(30-2)10-17(15)31-3)28-21(25-12)26-22(27-28)32-11-13-6-4-5-7-16(13)23/h4-10,18-19H,11H2,1-3H3,(H2,24,29). The Morgan fingerprint density at radius 1 is 1.22 bits per heavy atom. The summed E-state index contributed by atoms with van der Waals surface area (Å²) in [4.78, 5) is 21.5. The summed E-state index contributed by atoms with van der Waals surface area (Å²) in [5.74, 6) is 0.999. The molecule has 0 saturated carbocycles. The number of hydrogen-bond donors (Lipinski definition) is 1. The van der Waals surface area contributed by atoms with Crippen molar-refractivity contribution in [3.63, 3.8) is 0 Å². The number of benzene rings is 2. The molecule has 2 aromatic carbocycles. The van der Waals surface area contributed by atoms with Crippen LogP contribution in [-0.4, -0.2) is 40.6 Å². The smallest absolute Gasteiger partial charge is 0.249 e. The van der Waals surface area contributed by atoms with Gasteiger partial charge in [0.2, 0.25) is 17.0 Å². The van der Waals surface area contributed by atoms with Gasteiger partial charge in [-0.25, -0.2) is 9.67 Å². The maximum absolute atomic E-state index is 12.4. The SMILES string of the molecule is COc1ccc(C2C(C(N)=O)C(C)=Nc3nc(SCc4ccccc4Cl)nn32)c(OC)c1.